The Bertz CT molecular complexity index is 257. The first-order chi connectivity index (χ1) is 4.63. The minimum Gasteiger partial charge on any atom is -0.543 e. The summed E-state index contributed by atoms with van der Waals surface area (Å²) in [4.78, 5) is 24.4. The largest absolute Gasteiger partial charge is 1.00 e. The standard InChI is InChI=1S/C5H3NO4.Na/c1-2-3(4(7)8)6-10-5(2)9;/h1H2,(H,7,8);/q;+1/p-1. The summed E-state index contributed by atoms with van der Waals surface area (Å²) in [6, 6.07) is 0. The summed E-state index contributed by atoms with van der Waals surface area (Å²) in [7, 11) is 0. The van der Waals surface area contributed by atoms with Gasteiger partial charge in [-0.25, -0.2) is 4.79 Å². The van der Waals surface area contributed by atoms with Crippen LogP contribution < -0.4 is 34.7 Å². The Balaban J connectivity index is 0.000001000. The van der Waals surface area contributed by atoms with Crippen molar-refractivity contribution < 1.29 is 49.1 Å². The molecule has 0 radical (unpaired) electrons. The van der Waals surface area contributed by atoms with Gasteiger partial charge in [-0.15, -0.1) is 0 Å². The van der Waals surface area contributed by atoms with Crippen molar-refractivity contribution in [1.29, 1.82) is 0 Å². The van der Waals surface area contributed by atoms with Gasteiger partial charge in [0, 0.05) is 0 Å². The molecule has 0 saturated carbocycles. The van der Waals surface area contributed by atoms with Crippen LogP contribution in [0.25, 0.3) is 0 Å². The molecule has 0 aromatic carbocycles. The van der Waals surface area contributed by atoms with E-state index in [4.69, 9.17) is 0 Å². The predicted octanol–water partition coefficient (Wildman–Crippen LogP) is -4.79. The zero-order chi connectivity index (χ0) is 7.72. The van der Waals surface area contributed by atoms with E-state index < -0.39 is 17.7 Å². The van der Waals surface area contributed by atoms with Crippen molar-refractivity contribution in [2.45, 2.75) is 0 Å². The molecule has 11 heavy (non-hydrogen) atoms. The molecule has 1 rings (SSSR count). The maximum atomic E-state index is 10.4. The topological polar surface area (TPSA) is 78.8 Å². The average molecular weight is 163 g/mol. The van der Waals surface area contributed by atoms with E-state index in [1.54, 1.807) is 0 Å². The van der Waals surface area contributed by atoms with Gasteiger partial charge in [0.25, 0.3) is 0 Å². The first kappa shape index (κ1) is 10.3. The van der Waals surface area contributed by atoms with Gasteiger partial charge in [-0.2, -0.15) is 0 Å². The molecule has 0 bridgehead atoms. The van der Waals surface area contributed by atoms with Gasteiger partial charge in [0.05, 0.1) is 11.5 Å². The van der Waals surface area contributed by atoms with Crippen LogP contribution in [0.1, 0.15) is 0 Å². The summed E-state index contributed by atoms with van der Waals surface area (Å²) in [5.41, 5.74) is -0.815. The van der Waals surface area contributed by atoms with Gasteiger partial charge in [-0.05, 0) is 0 Å². The second-order valence-corrected chi connectivity index (χ2v) is 1.58. The molecule has 0 aliphatic carbocycles. The van der Waals surface area contributed by atoms with Crippen LogP contribution in [0.5, 0.6) is 0 Å². The van der Waals surface area contributed by atoms with Crippen LogP contribution in [-0.4, -0.2) is 17.7 Å². The number of hydrogen-bond acceptors (Lipinski definition) is 5. The number of nitrogens with zero attached hydrogens (tertiary/aromatic N) is 1. The van der Waals surface area contributed by atoms with E-state index in [2.05, 4.69) is 16.6 Å². The van der Waals surface area contributed by atoms with Crippen LogP contribution in [0.3, 0.4) is 0 Å². The molecule has 1 aliphatic rings. The Kier molecular flexibility index (Phi) is 3.44. The van der Waals surface area contributed by atoms with Crippen molar-refractivity contribution >= 4 is 17.7 Å². The molecule has 5 nitrogen and oxygen atoms in total. The monoisotopic (exact) mass is 163 g/mol. The summed E-state index contributed by atoms with van der Waals surface area (Å²) < 4.78 is 0. The molecule has 6 heteroatoms. The molecular weight excluding hydrogens is 161 g/mol. The van der Waals surface area contributed by atoms with Crippen molar-refractivity contribution in [2.24, 2.45) is 5.16 Å². The van der Waals surface area contributed by atoms with Gasteiger partial charge in [-0.1, -0.05) is 11.7 Å². The molecular formula is C5H2NNaO4. The number of carboxylic acid groups (broad SMARTS) is 1. The number of rotatable bonds is 1. The Morgan fingerprint density at radius 2 is 2.18 bits per heavy atom. The quantitative estimate of drug-likeness (QED) is 0.221. The van der Waals surface area contributed by atoms with E-state index in [-0.39, 0.29) is 35.1 Å². The average Bonchev–Trinajstić information content (AvgIpc) is 2.14. The van der Waals surface area contributed by atoms with Crippen molar-refractivity contribution in [2.75, 3.05) is 0 Å². The number of hydrogen-bond donors (Lipinski definition) is 0. The van der Waals surface area contributed by atoms with Crippen LogP contribution in [-0.2, 0) is 14.4 Å². The summed E-state index contributed by atoms with van der Waals surface area (Å²) in [5.74, 6) is -2.41. The number of carboxylic acids is 1. The van der Waals surface area contributed by atoms with Crippen molar-refractivity contribution in [3.8, 4) is 0 Å². The molecule has 0 atom stereocenters. The normalized spacial score (nSPS) is 15.1. The van der Waals surface area contributed by atoms with E-state index in [0.29, 0.717) is 0 Å². The van der Waals surface area contributed by atoms with Gasteiger partial charge in [0.15, 0.2) is 0 Å². The molecule has 0 aromatic heterocycles. The minimum absolute atomic E-state index is 0. The Morgan fingerprint density at radius 1 is 1.64 bits per heavy atom. The Morgan fingerprint density at radius 3 is 2.36 bits per heavy atom. The first-order valence-electron chi connectivity index (χ1n) is 2.33. The third-order valence-corrected chi connectivity index (χ3v) is 0.945. The summed E-state index contributed by atoms with van der Waals surface area (Å²) in [6.07, 6.45) is 0. The molecule has 0 N–H and O–H groups in total. The second kappa shape index (κ2) is 3.66. The Hall–Kier alpha value is -0.650. The van der Waals surface area contributed by atoms with E-state index in [0.717, 1.165) is 0 Å². The summed E-state index contributed by atoms with van der Waals surface area (Å²) >= 11 is 0. The predicted molar refractivity (Wildman–Crippen MR) is 27.7 cm³/mol. The number of carbonyl (C=O) groups excluding carboxylic acids is 2. The van der Waals surface area contributed by atoms with Gasteiger partial charge in [0.2, 0.25) is 0 Å². The van der Waals surface area contributed by atoms with E-state index in [9.17, 15) is 14.7 Å². The molecule has 0 saturated heterocycles. The van der Waals surface area contributed by atoms with Gasteiger partial charge in [-0.3, -0.25) is 0 Å². The number of aliphatic carboxylic acids is 1. The smallest absolute Gasteiger partial charge is 0.543 e. The van der Waals surface area contributed by atoms with E-state index in [1.165, 1.54) is 0 Å². The van der Waals surface area contributed by atoms with Crippen LogP contribution in [0.4, 0.5) is 0 Å². The molecule has 1 heterocycles. The first-order valence-corrected chi connectivity index (χ1v) is 2.33. The SMILES string of the molecule is C=C1C(=O)ON=C1C(=O)[O-].[Na+]. The Labute approximate surface area is 84.0 Å². The third-order valence-electron chi connectivity index (χ3n) is 0.945. The fourth-order valence-electron chi connectivity index (χ4n) is 0.454. The maximum Gasteiger partial charge on any atom is 1.00 e. The zero-order valence-corrected chi connectivity index (χ0v) is 7.79. The molecule has 1 aliphatic heterocycles. The molecule has 0 spiro atoms. The fourth-order valence-corrected chi connectivity index (χ4v) is 0.454. The molecule has 0 aromatic rings. The number of carbonyl (C=O) groups is 2. The summed E-state index contributed by atoms with van der Waals surface area (Å²) in [5, 5.41) is 12.9. The van der Waals surface area contributed by atoms with Gasteiger partial charge < -0.3 is 14.7 Å². The summed E-state index contributed by atoms with van der Waals surface area (Å²) in [6.45, 7) is 3.11. The van der Waals surface area contributed by atoms with Crippen molar-refractivity contribution in [1.82, 2.24) is 0 Å². The van der Waals surface area contributed by atoms with Gasteiger partial charge >= 0.3 is 35.5 Å². The second-order valence-electron chi connectivity index (χ2n) is 1.58. The van der Waals surface area contributed by atoms with Crippen LogP contribution in [0.15, 0.2) is 17.3 Å². The van der Waals surface area contributed by atoms with Crippen molar-refractivity contribution in [3.63, 3.8) is 0 Å². The fraction of sp³-hybridized carbons (Fsp3) is 0. The maximum absolute atomic E-state index is 10.4. The van der Waals surface area contributed by atoms with Crippen molar-refractivity contribution in [3.05, 3.63) is 12.2 Å². The number of oxime groups is 1. The van der Waals surface area contributed by atoms with E-state index >= 15 is 0 Å². The van der Waals surface area contributed by atoms with Gasteiger partial charge in [0.1, 0.15) is 5.71 Å². The molecule has 0 amide bonds. The third kappa shape index (κ3) is 1.89. The molecule has 52 valence electrons. The molecule has 0 fully saturated rings. The van der Waals surface area contributed by atoms with Crippen LogP contribution in [0.2, 0.25) is 0 Å². The van der Waals surface area contributed by atoms with E-state index in [1.807, 2.05) is 0 Å². The molecule has 0 unspecified atom stereocenters. The minimum atomic E-state index is -1.56. The zero-order valence-electron chi connectivity index (χ0n) is 5.79. The van der Waals surface area contributed by atoms with Crippen LogP contribution in [0, 0.1) is 0 Å². The van der Waals surface area contributed by atoms with Crippen LogP contribution >= 0.6 is 0 Å².